The van der Waals surface area contributed by atoms with Crippen LogP contribution in [0.4, 0.5) is 0 Å². The summed E-state index contributed by atoms with van der Waals surface area (Å²) in [5.41, 5.74) is 2.13. The van der Waals surface area contributed by atoms with Crippen molar-refractivity contribution in [3.8, 4) is 10.6 Å². The molecule has 0 aliphatic rings. The third kappa shape index (κ3) is 2.28. The molecule has 0 aliphatic carbocycles. The Balaban J connectivity index is 2.54. The minimum atomic E-state index is 0.802. The molecule has 0 N–H and O–H groups in total. The first-order chi connectivity index (χ1) is 7.22. The van der Waals surface area contributed by atoms with Gasteiger partial charge in [-0.3, -0.25) is 0 Å². The third-order valence-electron chi connectivity index (χ3n) is 1.90. The predicted molar refractivity (Wildman–Crippen MR) is 70.6 cm³/mol. The fraction of sp³-hybridized carbons (Fsp3) is 0.222. The summed E-state index contributed by atoms with van der Waals surface area (Å²) in [5.74, 6) is 0. The van der Waals surface area contributed by atoms with Gasteiger partial charge < -0.3 is 0 Å². The second-order valence-corrected chi connectivity index (χ2v) is 6.43. The molecule has 0 aliphatic heterocycles. The molecule has 0 bridgehead atoms. The minimum Gasteiger partial charge on any atom is -0.231 e. The molecular formula is C9H8N2S4. The highest BCUT2D eigenvalue weighted by Gasteiger charge is 2.08. The lowest BCUT2D eigenvalue weighted by molar-refractivity contribution is 0.977. The number of aromatic nitrogens is 2. The summed E-state index contributed by atoms with van der Waals surface area (Å²) in [5, 5.41) is 0.802. The number of hydrogen-bond acceptors (Lipinski definition) is 6. The average molecular weight is 272 g/mol. The standard InChI is InChI=1S/C9H8N2S4/c1-5-7(14-15-8(5)12)6-3-4-10-9(11-6)13-2/h3-4H,1-2H3. The van der Waals surface area contributed by atoms with Crippen LogP contribution in [0.15, 0.2) is 17.4 Å². The van der Waals surface area contributed by atoms with Gasteiger partial charge in [0.1, 0.15) is 3.82 Å². The summed E-state index contributed by atoms with van der Waals surface area (Å²) in [6.45, 7) is 2.05. The van der Waals surface area contributed by atoms with Gasteiger partial charge in [-0.1, -0.05) is 44.7 Å². The van der Waals surface area contributed by atoms with Gasteiger partial charge in [0.15, 0.2) is 5.16 Å². The lowest BCUT2D eigenvalue weighted by Gasteiger charge is -1.99. The molecule has 0 fully saturated rings. The summed E-state index contributed by atoms with van der Waals surface area (Å²) >= 11 is 6.77. The Morgan fingerprint density at radius 3 is 2.80 bits per heavy atom. The van der Waals surface area contributed by atoms with Crippen molar-refractivity contribution in [1.29, 1.82) is 0 Å². The normalized spacial score (nSPS) is 10.5. The number of rotatable bonds is 2. The molecule has 0 saturated carbocycles. The molecule has 2 heterocycles. The Hall–Kier alpha value is -0.300. The van der Waals surface area contributed by atoms with E-state index in [9.17, 15) is 0 Å². The van der Waals surface area contributed by atoms with E-state index in [-0.39, 0.29) is 0 Å². The molecule has 0 aromatic carbocycles. The van der Waals surface area contributed by atoms with Gasteiger partial charge >= 0.3 is 0 Å². The van der Waals surface area contributed by atoms with Gasteiger partial charge in [-0.25, -0.2) is 9.97 Å². The van der Waals surface area contributed by atoms with Crippen LogP contribution in [0.1, 0.15) is 5.56 Å². The molecule has 78 valence electrons. The first kappa shape index (κ1) is 11.2. The van der Waals surface area contributed by atoms with E-state index in [1.165, 1.54) is 4.88 Å². The van der Waals surface area contributed by atoms with Crippen molar-refractivity contribution in [2.45, 2.75) is 12.1 Å². The SMILES string of the molecule is CSc1nccc(-c2ssc(=S)c2C)n1. The molecule has 15 heavy (non-hydrogen) atoms. The van der Waals surface area contributed by atoms with Gasteiger partial charge in [-0.15, -0.1) is 0 Å². The van der Waals surface area contributed by atoms with Gasteiger partial charge in [0.2, 0.25) is 0 Å². The highest BCUT2D eigenvalue weighted by atomic mass is 32.9. The lowest BCUT2D eigenvalue weighted by Crippen LogP contribution is -1.88. The van der Waals surface area contributed by atoms with Crippen LogP contribution in [-0.2, 0) is 0 Å². The second-order valence-electron chi connectivity index (χ2n) is 2.84. The maximum Gasteiger partial charge on any atom is 0.187 e. The number of thioether (sulfide) groups is 1. The van der Waals surface area contributed by atoms with Crippen LogP contribution in [0, 0.1) is 10.7 Å². The molecule has 0 unspecified atom stereocenters. The van der Waals surface area contributed by atoms with Crippen molar-refractivity contribution in [3.63, 3.8) is 0 Å². The van der Waals surface area contributed by atoms with Gasteiger partial charge in [-0.2, -0.15) is 0 Å². The highest BCUT2D eigenvalue weighted by molar-refractivity contribution is 7.98. The van der Waals surface area contributed by atoms with Crippen molar-refractivity contribution >= 4 is 44.7 Å². The maximum atomic E-state index is 5.22. The van der Waals surface area contributed by atoms with Crippen LogP contribution >= 0.6 is 44.7 Å². The van der Waals surface area contributed by atoms with Crippen LogP contribution in [0.2, 0.25) is 0 Å². The first-order valence-electron chi connectivity index (χ1n) is 4.19. The van der Waals surface area contributed by atoms with Crippen molar-refractivity contribution in [3.05, 3.63) is 21.7 Å². The van der Waals surface area contributed by atoms with E-state index in [2.05, 4.69) is 9.97 Å². The molecule has 2 nitrogen and oxygen atoms in total. The maximum absolute atomic E-state index is 5.22. The van der Waals surface area contributed by atoms with Crippen LogP contribution in [0.25, 0.3) is 10.6 Å². The zero-order valence-corrected chi connectivity index (χ0v) is 11.4. The van der Waals surface area contributed by atoms with E-state index in [4.69, 9.17) is 12.2 Å². The van der Waals surface area contributed by atoms with E-state index >= 15 is 0 Å². The van der Waals surface area contributed by atoms with E-state index < -0.39 is 0 Å². The van der Waals surface area contributed by atoms with Crippen molar-refractivity contribution in [2.75, 3.05) is 6.26 Å². The number of hydrogen-bond donors (Lipinski definition) is 0. The smallest absolute Gasteiger partial charge is 0.187 e. The van der Waals surface area contributed by atoms with Crippen LogP contribution < -0.4 is 0 Å². The Bertz CT molecular complexity index is 529. The zero-order chi connectivity index (χ0) is 10.8. The topological polar surface area (TPSA) is 25.8 Å². The van der Waals surface area contributed by atoms with Gasteiger partial charge in [0, 0.05) is 6.20 Å². The Morgan fingerprint density at radius 2 is 2.20 bits per heavy atom. The fourth-order valence-electron chi connectivity index (χ4n) is 1.10. The summed E-state index contributed by atoms with van der Waals surface area (Å²) in [6.07, 6.45) is 3.77. The van der Waals surface area contributed by atoms with E-state index in [0.29, 0.717) is 0 Å². The Morgan fingerprint density at radius 1 is 1.40 bits per heavy atom. The summed E-state index contributed by atoms with van der Waals surface area (Å²) < 4.78 is 0.958. The van der Waals surface area contributed by atoms with Gasteiger partial charge in [-0.05, 0) is 24.8 Å². The quantitative estimate of drug-likeness (QED) is 0.357. The van der Waals surface area contributed by atoms with Crippen LogP contribution in [0.3, 0.4) is 0 Å². The molecule has 0 saturated heterocycles. The average Bonchev–Trinajstić information content (AvgIpc) is 2.60. The molecule has 2 aromatic heterocycles. The van der Waals surface area contributed by atoms with Crippen molar-refractivity contribution in [2.24, 2.45) is 0 Å². The summed E-state index contributed by atoms with van der Waals surface area (Å²) in [4.78, 5) is 9.78. The first-order valence-corrected chi connectivity index (χ1v) is 7.98. The largest absolute Gasteiger partial charge is 0.231 e. The fourth-order valence-corrected chi connectivity index (χ4v) is 4.29. The third-order valence-corrected chi connectivity index (χ3v) is 5.80. The van der Waals surface area contributed by atoms with E-state index in [1.54, 1.807) is 38.6 Å². The second kappa shape index (κ2) is 4.69. The molecule has 6 heteroatoms. The molecule has 2 aromatic rings. The van der Waals surface area contributed by atoms with Crippen molar-refractivity contribution in [1.82, 2.24) is 9.97 Å². The Kier molecular flexibility index (Phi) is 3.50. The van der Waals surface area contributed by atoms with Crippen LogP contribution in [-0.4, -0.2) is 16.2 Å². The Labute approximate surface area is 105 Å². The molecule has 0 amide bonds. The molecule has 0 spiro atoms. The van der Waals surface area contributed by atoms with E-state index in [0.717, 1.165) is 20.2 Å². The molecular weight excluding hydrogens is 264 g/mol. The summed E-state index contributed by atoms with van der Waals surface area (Å²) in [7, 11) is 3.31. The highest BCUT2D eigenvalue weighted by Crippen LogP contribution is 2.32. The van der Waals surface area contributed by atoms with Crippen molar-refractivity contribution < 1.29 is 0 Å². The summed E-state index contributed by atoms with van der Waals surface area (Å²) in [6, 6.07) is 1.93. The minimum absolute atomic E-state index is 0.802. The van der Waals surface area contributed by atoms with Gasteiger partial charge in [0.25, 0.3) is 0 Å². The van der Waals surface area contributed by atoms with Crippen LogP contribution in [0.5, 0.6) is 0 Å². The zero-order valence-electron chi connectivity index (χ0n) is 8.18. The molecule has 0 atom stereocenters. The monoisotopic (exact) mass is 272 g/mol. The van der Waals surface area contributed by atoms with Gasteiger partial charge in [0.05, 0.1) is 10.6 Å². The molecule has 2 rings (SSSR count). The number of nitrogens with zero attached hydrogens (tertiary/aromatic N) is 2. The lowest BCUT2D eigenvalue weighted by atomic mass is 10.2. The predicted octanol–water partition coefficient (Wildman–Crippen LogP) is 4.03. The molecule has 0 radical (unpaired) electrons. The van der Waals surface area contributed by atoms with E-state index in [1.807, 2.05) is 19.2 Å².